The average Bonchev–Trinajstić information content (AvgIpc) is 3.01. The Morgan fingerprint density at radius 3 is 2.83 bits per heavy atom. The van der Waals surface area contributed by atoms with Crippen LogP contribution in [0.15, 0.2) is 30.5 Å². The van der Waals surface area contributed by atoms with E-state index in [1.165, 1.54) is 0 Å². The number of benzene rings is 1. The molecule has 1 fully saturated rings. The third-order valence-corrected chi connectivity index (χ3v) is 4.30. The van der Waals surface area contributed by atoms with E-state index in [1.54, 1.807) is 4.68 Å². The summed E-state index contributed by atoms with van der Waals surface area (Å²) in [7, 11) is 1.85. The predicted molar refractivity (Wildman–Crippen MR) is 89.2 cm³/mol. The van der Waals surface area contributed by atoms with Crippen molar-refractivity contribution >= 4 is 17.3 Å². The zero-order valence-corrected chi connectivity index (χ0v) is 13.1. The molecular weight excluding hydrogens is 292 g/mol. The van der Waals surface area contributed by atoms with Gasteiger partial charge < -0.3 is 20.1 Å². The third kappa shape index (κ3) is 2.71. The highest BCUT2D eigenvalue weighted by Gasteiger charge is 2.24. The lowest BCUT2D eigenvalue weighted by atomic mass is 10.0. The van der Waals surface area contributed by atoms with Gasteiger partial charge in [0.05, 0.1) is 5.69 Å². The summed E-state index contributed by atoms with van der Waals surface area (Å²) in [5.41, 5.74) is 3.52. The molecule has 6 nitrogen and oxygen atoms in total. The first kappa shape index (κ1) is 14.3. The number of fused-ring (bicyclic) bond motifs is 1. The van der Waals surface area contributed by atoms with Crippen molar-refractivity contribution in [2.45, 2.75) is 6.29 Å². The van der Waals surface area contributed by atoms with Gasteiger partial charge in [0.2, 0.25) is 6.29 Å². The van der Waals surface area contributed by atoms with Crippen LogP contribution in [0, 0.1) is 0 Å². The Morgan fingerprint density at radius 1 is 1.26 bits per heavy atom. The van der Waals surface area contributed by atoms with Crippen molar-refractivity contribution in [2.24, 2.45) is 7.05 Å². The van der Waals surface area contributed by atoms with Crippen LogP contribution in [0.5, 0.6) is 5.75 Å². The van der Waals surface area contributed by atoms with E-state index < -0.39 is 6.29 Å². The summed E-state index contributed by atoms with van der Waals surface area (Å²) in [6.45, 7) is 3.95. The van der Waals surface area contributed by atoms with Gasteiger partial charge in [-0.15, -0.1) is 0 Å². The van der Waals surface area contributed by atoms with Gasteiger partial charge in [-0.1, -0.05) is 0 Å². The van der Waals surface area contributed by atoms with Crippen LogP contribution in [-0.2, 0) is 7.05 Å². The van der Waals surface area contributed by atoms with Gasteiger partial charge in [0.25, 0.3) is 0 Å². The van der Waals surface area contributed by atoms with Gasteiger partial charge in [0.15, 0.2) is 0 Å². The molecule has 1 aromatic carbocycles. The van der Waals surface area contributed by atoms with Gasteiger partial charge in [-0.25, -0.2) is 0 Å². The molecule has 120 valence electrons. The lowest BCUT2D eigenvalue weighted by Crippen LogP contribution is -2.43. The summed E-state index contributed by atoms with van der Waals surface area (Å²) < 4.78 is 7.45. The molecule has 4 rings (SSSR count). The van der Waals surface area contributed by atoms with Crippen molar-refractivity contribution in [3.05, 3.63) is 41.7 Å². The number of anilines is 1. The lowest BCUT2D eigenvalue weighted by Gasteiger charge is -2.31. The second kappa shape index (κ2) is 5.72. The molecule has 0 radical (unpaired) electrons. The minimum atomic E-state index is -0.990. The summed E-state index contributed by atoms with van der Waals surface area (Å²) >= 11 is 0. The minimum Gasteiger partial charge on any atom is -0.460 e. The zero-order chi connectivity index (χ0) is 15.8. The van der Waals surface area contributed by atoms with Crippen LogP contribution in [0.2, 0.25) is 0 Å². The van der Waals surface area contributed by atoms with E-state index in [2.05, 4.69) is 21.4 Å². The van der Waals surface area contributed by atoms with E-state index >= 15 is 0 Å². The fourth-order valence-electron chi connectivity index (χ4n) is 3.06. The number of piperazine rings is 1. The molecule has 0 aliphatic carbocycles. The molecule has 1 unspecified atom stereocenters. The molecule has 0 spiro atoms. The number of aromatic nitrogens is 2. The van der Waals surface area contributed by atoms with Gasteiger partial charge in [-0.05, 0) is 24.3 Å². The van der Waals surface area contributed by atoms with Crippen molar-refractivity contribution < 1.29 is 9.84 Å². The SMILES string of the molecule is Cn1ccc(C2=Cc3ccc(N4CCNCC4)cc3OC2O)n1. The smallest absolute Gasteiger partial charge is 0.226 e. The number of aryl methyl sites for hydroxylation is 1. The number of rotatable bonds is 2. The van der Waals surface area contributed by atoms with E-state index in [0.29, 0.717) is 11.3 Å². The Balaban J connectivity index is 1.66. The maximum atomic E-state index is 10.3. The topological polar surface area (TPSA) is 62.5 Å². The van der Waals surface area contributed by atoms with Crippen LogP contribution in [0.25, 0.3) is 11.6 Å². The van der Waals surface area contributed by atoms with E-state index in [1.807, 2.05) is 37.5 Å². The first-order valence-corrected chi connectivity index (χ1v) is 7.87. The van der Waals surface area contributed by atoms with Crippen molar-refractivity contribution in [1.82, 2.24) is 15.1 Å². The summed E-state index contributed by atoms with van der Waals surface area (Å²) in [5.74, 6) is 0.716. The van der Waals surface area contributed by atoms with Crippen LogP contribution in [0.4, 0.5) is 5.69 Å². The standard InChI is InChI=1S/C17H20N4O2/c1-20-7-4-15(19-20)14-10-12-2-3-13(11-16(12)23-17(14)22)21-8-5-18-6-9-21/h2-4,7,10-11,17-18,22H,5-6,8-9H2,1H3. The van der Waals surface area contributed by atoms with Crippen LogP contribution in [-0.4, -0.2) is 47.4 Å². The van der Waals surface area contributed by atoms with E-state index in [0.717, 1.165) is 43.1 Å². The summed E-state index contributed by atoms with van der Waals surface area (Å²) in [6.07, 6.45) is 2.81. The highest BCUT2D eigenvalue weighted by molar-refractivity contribution is 5.85. The normalized spacial score (nSPS) is 20.7. The molecule has 0 amide bonds. The summed E-state index contributed by atoms with van der Waals surface area (Å²) in [5, 5.41) is 18.0. The van der Waals surface area contributed by atoms with Crippen LogP contribution in [0.1, 0.15) is 11.3 Å². The Kier molecular flexibility index (Phi) is 3.55. The first-order chi connectivity index (χ1) is 11.2. The molecule has 0 bridgehead atoms. The van der Waals surface area contributed by atoms with Gasteiger partial charge in [0.1, 0.15) is 5.75 Å². The molecular formula is C17H20N4O2. The van der Waals surface area contributed by atoms with Crippen molar-refractivity contribution in [3.8, 4) is 5.75 Å². The zero-order valence-electron chi connectivity index (χ0n) is 13.1. The van der Waals surface area contributed by atoms with Gasteiger partial charge >= 0.3 is 0 Å². The second-order valence-electron chi connectivity index (χ2n) is 5.90. The quantitative estimate of drug-likeness (QED) is 0.869. The van der Waals surface area contributed by atoms with Gasteiger partial charge in [-0.2, -0.15) is 5.10 Å². The fourth-order valence-corrected chi connectivity index (χ4v) is 3.06. The predicted octanol–water partition coefficient (Wildman–Crippen LogP) is 1.08. The van der Waals surface area contributed by atoms with Crippen LogP contribution < -0.4 is 15.0 Å². The Bertz CT molecular complexity index is 747. The van der Waals surface area contributed by atoms with Gasteiger partial charge in [0, 0.05) is 62.3 Å². The maximum absolute atomic E-state index is 10.3. The molecule has 2 aliphatic heterocycles. The van der Waals surface area contributed by atoms with Crippen molar-refractivity contribution in [3.63, 3.8) is 0 Å². The number of aliphatic hydroxyl groups is 1. The highest BCUT2D eigenvalue weighted by atomic mass is 16.6. The minimum absolute atomic E-state index is 0.688. The maximum Gasteiger partial charge on any atom is 0.226 e. The molecule has 1 atom stereocenters. The molecule has 23 heavy (non-hydrogen) atoms. The average molecular weight is 312 g/mol. The van der Waals surface area contributed by atoms with Crippen LogP contribution >= 0.6 is 0 Å². The third-order valence-electron chi connectivity index (χ3n) is 4.30. The molecule has 1 aromatic heterocycles. The Morgan fingerprint density at radius 2 is 2.09 bits per heavy atom. The van der Waals surface area contributed by atoms with Crippen molar-refractivity contribution in [1.29, 1.82) is 0 Å². The largest absolute Gasteiger partial charge is 0.460 e. The van der Waals surface area contributed by atoms with E-state index in [-0.39, 0.29) is 0 Å². The molecule has 2 aliphatic rings. The van der Waals surface area contributed by atoms with E-state index in [4.69, 9.17) is 4.74 Å². The van der Waals surface area contributed by atoms with Crippen LogP contribution in [0.3, 0.4) is 0 Å². The van der Waals surface area contributed by atoms with Gasteiger partial charge in [-0.3, -0.25) is 4.68 Å². The van der Waals surface area contributed by atoms with E-state index in [9.17, 15) is 5.11 Å². The summed E-state index contributed by atoms with van der Waals surface area (Å²) in [6, 6.07) is 8.04. The second-order valence-corrected chi connectivity index (χ2v) is 5.90. The monoisotopic (exact) mass is 312 g/mol. The first-order valence-electron chi connectivity index (χ1n) is 7.87. The van der Waals surface area contributed by atoms with Crippen molar-refractivity contribution in [2.75, 3.05) is 31.1 Å². The fraction of sp³-hybridized carbons (Fsp3) is 0.353. The Hall–Kier alpha value is -2.31. The molecule has 1 saturated heterocycles. The number of hydrogen-bond donors (Lipinski definition) is 2. The molecule has 2 N–H and O–H groups in total. The summed E-state index contributed by atoms with van der Waals surface area (Å²) in [4.78, 5) is 2.32. The number of ether oxygens (including phenoxy) is 1. The highest BCUT2D eigenvalue weighted by Crippen LogP contribution is 2.35. The molecule has 0 saturated carbocycles. The molecule has 3 heterocycles. The number of hydrogen-bond acceptors (Lipinski definition) is 5. The number of nitrogens with zero attached hydrogens (tertiary/aromatic N) is 3. The lowest BCUT2D eigenvalue weighted by molar-refractivity contribution is 0.0317. The molecule has 6 heteroatoms. The molecule has 2 aromatic rings. The Labute approximate surface area is 135 Å². The number of nitrogens with one attached hydrogen (secondary N) is 1. The number of aliphatic hydroxyl groups excluding tert-OH is 1.